The Balaban J connectivity index is 1.53. The van der Waals surface area contributed by atoms with Crippen LogP contribution in [0.1, 0.15) is 31.1 Å². The highest BCUT2D eigenvalue weighted by Crippen LogP contribution is 2.38. The number of ether oxygens (including phenoxy) is 1. The summed E-state index contributed by atoms with van der Waals surface area (Å²) in [5.41, 5.74) is 1.60. The van der Waals surface area contributed by atoms with E-state index in [0.29, 0.717) is 30.0 Å². The molecule has 1 aromatic heterocycles. The minimum Gasteiger partial charge on any atom is -0.497 e. The second-order valence-electron chi connectivity index (χ2n) is 8.85. The van der Waals surface area contributed by atoms with Gasteiger partial charge in [0.25, 0.3) is 5.91 Å². The van der Waals surface area contributed by atoms with Gasteiger partial charge in [0, 0.05) is 31.9 Å². The van der Waals surface area contributed by atoms with Crippen molar-refractivity contribution in [3.8, 4) is 5.75 Å². The maximum absolute atomic E-state index is 13.6. The van der Waals surface area contributed by atoms with E-state index in [0.717, 1.165) is 11.3 Å². The molecule has 0 saturated heterocycles. The number of urea groups is 1. The molecular weight excluding hydrogens is 434 g/mol. The van der Waals surface area contributed by atoms with Crippen molar-refractivity contribution >= 4 is 17.8 Å². The fraction of sp³-hybridized carbons (Fsp3) is 0.360. The van der Waals surface area contributed by atoms with Crippen LogP contribution >= 0.6 is 0 Å². The first-order valence-corrected chi connectivity index (χ1v) is 11.2. The number of aromatic nitrogens is 1. The lowest BCUT2D eigenvalue weighted by atomic mass is 9.95. The minimum absolute atomic E-state index is 0.172. The maximum Gasteiger partial charge on any atom is 0.322 e. The highest BCUT2D eigenvalue weighted by Gasteiger charge is 2.49. The Morgan fingerprint density at radius 1 is 1.21 bits per heavy atom. The van der Waals surface area contributed by atoms with Crippen LogP contribution in [0.4, 0.5) is 4.79 Å². The molecule has 2 aliphatic heterocycles. The van der Waals surface area contributed by atoms with Crippen LogP contribution in [0.15, 0.2) is 59.9 Å². The van der Waals surface area contributed by atoms with Crippen molar-refractivity contribution in [3.63, 3.8) is 0 Å². The number of carbonyl (C=O) groups is 3. The third-order valence-electron chi connectivity index (χ3n) is 6.43. The zero-order valence-corrected chi connectivity index (χ0v) is 19.8. The SMILES string of the molecule is COc1ccc([C@H]2NC(=O)N(C)C3=C2C(=O)N(C(C)(C)C(=O)NCCc2ccccn2)C3)cc1. The van der Waals surface area contributed by atoms with Crippen LogP contribution in [0.2, 0.25) is 0 Å². The molecular formula is C25H29N5O4. The van der Waals surface area contributed by atoms with E-state index in [9.17, 15) is 14.4 Å². The molecule has 1 aromatic carbocycles. The average molecular weight is 464 g/mol. The zero-order chi connectivity index (χ0) is 24.5. The number of hydrogen-bond donors (Lipinski definition) is 2. The van der Waals surface area contributed by atoms with E-state index >= 15 is 0 Å². The van der Waals surface area contributed by atoms with E-state index in [-0.39, 0.29) is 24.4 Å². The van der Waals surface area contributed by atoms with Gasteiger partial charge >= 0.3 is 6.03 Å². The summed E-state index contributed by atoms with van der Waals surface area (Å²) in [7, 11) is 3.21. The number of nitrogens with zero attached hydrogens (tertiary/aromatic N) is 3. The van der Waals surface area contributed by atoms with Gasteiger partial charge in [0.1, 0.15) is 11.3 Å². The summed E-state index contributed by atoms with van der Waals surface area (Å²) in [4.78, 5) is 46.6. The molecule has 9 nitrogen and oxygen atoms in total. The molecule has 1 atom stereocenters. The van der Waals surface area contributed by atoms with E-state index in [1.165, 1.54) is 9.80 Å². The third kappa shape index (κ3) is 4.21. The molecule has 4 rings (SSSR count). The molecule has 34 heavy (non-hydrogen) atoms. The number of rotatable bonds is 7. The van der Waals surface area contributed by atoms with Gasteiger partial charge in [-0.05, 0) is 43.7 Å². The maximum atomic E-state index is 13.6. The van der Waals surface area contributed by atoms with Gasteiger partial charge in [-0.25, -0.2) is 4.79 Å². The highest BCUT2D eigenvalue weighted by molar-refractivity contribution is 6.04. The first-order chi connectivity index (χ1) is 16.2. The molecule has 0 unspecified atom stereocenters. The Morgan fingerprint density at radius 3 is 2.59 bits per heavy atom. The molecule has 2 N–H and O–H groups in total. The van der Waals surface area contributed by atoms with E-state index in [1.54, 1.807) is 46.3 Å². The number of amides is 4. The van der Waals surface area contributed by atoms with Crippen molar-refractivity contribution in [1.82, 2.24) is 25.4 Å². The number of likely N-dealkylation sites (N-methyl/N-ethyl adjacent to an activating group) is 1. The molecule has 0 fully saturated rings. The predicted octanol–water partition coefficient (Wildman–Crippen LogP) is 2.02. The number of carbonyl (C=O) groups excluding carboxylic acids is 3. The molecule has 0 saturated carbocycles. The third-order valence-corrected chi connectivity index (χ3v) is 6.43. The van der Waals surface area contributed by atoms with Crippen LogP contribution in [0.25, 0.3) is 0 Å². The van der Waals surface area contributed by atoms with Crippen LogP contribution in [0.5, 0.6) is 5.75 Å². The molecule has 0 bridgehead atoms. The highest BCUT2D eigenvalue weighted by atomic mass is 16.5. The Kier molecular flexibility index (Phi) is 6.28. The van der Waals surface area contributed by atoms with Crippen LogP contribution in [0, 0.1) is 0 Å². The van der Waals surface area contributed by atoms with E-state index in [2.05, 4.69) is 15.6 Å². The first-order valence-electron chi connectivity index (χ1n) is 11.2. The summed E-state index contributed by atoms with van der Waals surface area (Å²) in [6.07, 6.45) is 2.30. The second-order valence-corrected chi connectivity index (χ2v) is 8.85. The summed E-state index contributed by atoms with van der Waals surface area (Å²) in [6, 6.07) is 12.0. The number of hydrogen-bond acceptors (Lipinski definition) is 5. The zero-order valence-electron chi connectivity index (χ0n) is 19.8. The molecule has 4 amide bonds. The summed E-state index contributed by atoms with van der Waals surface area (Å²) >= 11 is 0. The van der Waals surface area contributed by atoms with Crippen LogP contribution in [-0.4, -0.2) is 65.4 Å². The van der Waals surface area contributed by atoms with Gasteiger partial charge in [-0.3, -0.25) is 19.5 Å². The largest absolute Gasteiger partial charge is 0.497 e. The topological polar surface area (TPSA) is 104 Å². The summed E-state index contributed by atoms with van der Waals surface area (Å²) in [5.74, 6) is 0.146. The van der Waals surface area contributed by atoms with Crippen molar-refractivity contribution in [2.45, 2.75) is 31.8 Å². The van der Waals surface area contributed by atoms with Gasteiger partial charge < -0.3 is 20.3 Å². The van der Waals surface area contributed by atoms with Crippen molar-refractivity contribution in [2.75, 3.05) is 27.2 Å². The fourth-order valence-corrected chi connectivity index (χ4v) is 4.25. The van der Waals surface area contributed by atoms with Gasteiger partial charge in [0.05, 0.1) is 31.0 Å². The molecule has 3 heterocycles. The number of benzene rings is 1. The van der Waals surface area contributed by atoms with Crippen molar-refractivity contribution in [2.24, 2.45) is 0 Å². The second kappa shape index (κ2) is 9.17. The van der Waals surface area contributed by atoms with Gasteiger partial charge in [-0.15, -0.1) is 0 Å². The Labute approximate surface area is 198 Å². The molecule has 0 spiro atoms. The first kappa shape index (κ1) is 23.3. The van der Waals surface area contributed by atoms with Crippen LogP contribution < -0.4 is 15.4 Å². The Bertz CT molecular complexity index is 1130. The Hall–Kier alpha value is -3.88. The molecule has 9 heteroatoms. The monoisotopic (exact) mass is 463 g/mol. The lowest BCUT2D eigenvalue weighted by molar-refractivity contribution is -0.141. The number of methoxy groups -OCH3 is 1. The van der Waals surface area contributed by atoms with Crippen molar-refractivity contribution in [1.29, 1.82) is 0 Å². The normalized spacial score (nSPS) is 18.1. The molecule has 2 aliphatic rings. The molecule has 178 valence electrons. The van der Waals surface area contributed by atoms with Gasteiger partial charge in [-0.1, -0.05) is 18.2 Å². The van der Waals surface area contributed by atoms with E-state index in [1.807, 2.05) is 30.3 Å². The molecule has 2 aromatic rings. The lowest BCUT2D eigenvalue weighted by Gasteiger charge is -2.34. The lowest BCUT2D eigenvalue weighted by Crippen LogP contribution is -2.56. The van der Waals surface area contributed by atoms with E-state index in [4.69, 9.17) is 4.74 Å². The van der Waals surface area contributed by atoms with Crippen LogP contribution in [-0.2, 0) is 16.0 Å². The summed E-state index contributed by atoms with van der Waals surface area (Å²) in [5, 5.41) is 5.83. The van der Waals surface area contributed by atoms with E-state index < -0.39 is 11.6 Å². The van der Waals surface area contributed by atoms with Gasteiger partial charge in [-0.2, -0.15) is 0 Å². The number of nitrogens with one attached hydrogen (secondary N) is 2. The molecule has 0 radical (unpaired) electrons. The number of pyridine rings is 1. The minimum atomic E-state index is -1.12. The smallest absolute Gasteiger partial charge is 0.322 e. The summed E-state index contributed by atoms with van der Waals surface area (Å²) in [6.45, 7) is 4.02. The average Bonchev–Trinajstić information content (AvgIpc) is 3.20. The quantitative estimate of drug-likeness (QED) is 0.654. The fourth-order valence-electron chi connectivity index (χ4n) is 4.25. The standard InChI is InChI=1S/C25H29N5O4/c1-25(2,23(32)27-14-12-17-7-5-6-13-26-17)30-15-19-20(22(30)31)21(28-24(33)29(19)3)16-8-10-18(34-4)11-9-16/h5-11,13,21H,12,14-15H2,1-4H3,(H,27,32)(H,28,33)/t21-/m1/s1. The van der Waals surface area contributed by atoms with Crippen LogP contribution in [0.3, 0.4) is 0 Å². The van der Waals surface area contributed by atoms with Crippen molar-refractivity contribution in [3.05, 3.63) is 71.2 Å². The molecule has 0 aliphatic carbocycles. The van der Waals surface area contributed by atoms with Gasteiger partial charge in [0.15, 0.2) is 0 Å². The predicted molar refractivity (Wildman–Crippen MR) is 126 cm³/mol. The van der Waals surface area contributed by atoms with Crippen molar-refractivity contribution < 1.29 is 19.1 Å². The van der Waals surface area contributed by atoms with Gasteiger partial charge in [0.2, 0.25) is 5.91 Å². The summed E-state index contributed by atoms with van der Waals surface area (Å²) < 4.78 is 5.22. The Morgan fingerprint density at radius 2 is 1.94 bits per heavy atom.